The number of carboxylic acid groups (broad SMARTS) is 1. The fourth-order valence-corrected chi connectivity index (χ4v) is 2.70. The zero-order valence-electron chi connectivity index (χ0n) is 13.6. The van der Waals surface area contributed by atoms with E-state index in [1.165, 1.54) is 19.2 Å². The average molecular weight is 345 g/mol. The maximum atomic E-state index is 12.4. The summed E-state index contributed by atoms with van der Waals surface area (Å²) in [7, 11) is 1.45. The maximum Gasteiger partial charge on any atom is 0.337 e. The number of imidazole rings is 1. The van der Waals surface area contributed by atoms with Crippen LogP contribution >= 0.6 is 0 Å². The number of anilines is 1. The number of hydrazine groups is 1. The lowest BCUT2D eigenvalue weighted by Crippen LogP contribution is -2.54. The normalized spacial score (nSPS) is 20.0. The fraction of sp³-hybridized carbons (Fsp3) is 0.312. The molecular weight excluding hydrogens is 326 g/mol. The Morgan fingerprint density at radius 3 is 2.80 bits per heavy atom. The van der Waals surface area contributed by atoms with Crippen LogP contribution in [0.4, 0.5) is 5.69 Å². The predicted molar refractivity (Wildman–Crippen MR) is 89.1 cm³/mol. The van der Waals surface area contributed by atoms with E-state index in [0.717, 1.165) is 6.42 Å². The van der Waals surface area contributed by atoms with Crippen molar-refractivity contribution in [1.29, 1.82) is 0 Å². The van der Waals surface area contributed by atoms with Gasteiger partial charge < -0.3 is 19.7 Å². The molecule has 1 amide bonds. The topological polar surface area (TPSA) is 118 Å². The molecule has 25 heavy (non-hydrogen) atoms. The van der Waals surface area contributed by atoms with E-state index < -0.39 is 12.0 Å². The summed E-state index contributed by atoms with van der Waals surface area (Å²) in [5, 5.41) is 12.0. The Bertz CT molecular complexity index is 754. The predicted octanol–water partition coefficient (Wildman–Crippen LogP) is 0.984. The molecule has 1 aliphatic heterocycles. The molecule has 2 atom stereocenters. The van der Waals surface area contributed by atoms with Gasteiger partial charge in [0.25, 0.3) is 0 Å². The molecule has 9 heteroatoms. The van der Waals surface area contributed by atoms with Crippen molar-refractivity contribution in [2.24, 2.45) is 0 Å². The zero-order chi connectivity index (χ0) is 17.8. The smallest absolute Gasteiger partial charge is 0.337 e. The Hall–Kier alpha value is -2.91. The summed E-state index contributed by atoms with van der Waals surface area (Å²) >= 11 is 0. The van der Waals surface area contributed by atoms with Gasteiger partial charge in [0, 0.05) is 12.4 Å². The van der Waals surface area contributed by atoms with Crippen LogP contribution in [0.1, 0.15) is 29.4 Å². The van der Waals surface area contributed by atoms with E-state index in [2.05, 4.69) is 21.2 Å². The van der Waals surface area contributed by atoms with Crippen molar-refractivity contribution in [2.45, 2.75) is 25.0 Å². The monoisotopic (exact) mass is 345 g/mol. The van der Waals surface area contributed by atoms with Gasteiger partial charge >= 0.3 is 5.97 Å². The van der Waals surface area contributed by atoms with Crippen LogP contribution in [0, 0.1) is 0 Å². The summed E-state index contributed by atoms with van der Waals surface area (Å²) < 4.78 is 6.93. The van der Waals surface area contributed by atoms with E-state index in [1.54, 1.807) is 18.6 Å². The van der Waals surface area contributed by atoms with E-state index >= 15 is 0 Å². The molecule has 0 bridgehead atoms. The number of aromatic nitrogens is 2. The molecule has 1 aromatic carbocycles. The van der Waals surface area contributed by atoms with Gasteiger partial charge in [0.15, 0.2) is 0 Å². The van der Waals surface area contributed by atoms with Gasteiger partial charge in [0.05, 0.1) is 30.9 Å². The Kier molecular flexibility index (Phi) is 4.96. The van der Waals surface area contributed by atoms with Crippen LogP contribution < -0.4 is 20.9 Å². The molecule has 132 valence electrons. The van der Waals surface area contributed by atoms with Crippen molar-refractivity contribution in [3.63, 3.8) is 0 Å². The summed E-state index contributed by atoms with van der Waals surface area (Å²) in [6.07, 6.45) is 6.59. The van der Waals surface area contributed by atoms with Crippen molar-refractivity contribution in [1.82, 2.24) is 20.4 Å². The number of carbonyl (C=O) groups excluding carboxylic acids is 1. The molecule has 1 aromatic heterocycles. The lowest BCUT2D eigenvalue weighted by molar-refractivity contribution is -0.119. The Morgan fingerprint density at radius 2 is 2.20 bits per heavy atom. The number of ether oxygens (including phenoxy) is 1. The van der Waals surface area contributed by atoms with Gasteiger partial charge in [0.1, 0.15) is 11.8 Å². The molecule has 0 saturated carbocycles. The number of aromatic carboxylic acids is 1. The van der Waals surface area contributed by atoms with Crippen molar-refractivity contribution in [3.8, 4) is 5.75 Å². The second-order valence-electron chi connectivity index (χ2n) is 5.65. The van der Waals surface area contributed by atoms with Gasteiger partial charge in [-0.15, -0.1) is 0 Å². The third-order valence-electron chi connectivity index (χ3n) is 4.07. The first kappa shape index (κ1) is 16.9. The average Bonchev–Trinajstić information content (AvgIpc) is 3.16. The van der Waals surface area contributed by atoms with Crippen LogP contribution in [-0.2, 0) is 4.79 Å². The van der Waals surface area contributed by atoms with Gasteiger partial charge in [-0.3, -0.25) is 4.79 Å². The number of amides is 1. The van der Waals surface area contributed by atoms with Gasteiger partial charge in [0.2, 0.25) is 5.91 Å². The van der Waals surface area contributed by atoms with E-state index in [4.69, 9.17) is 4.74 Å². The van der Waals surface area contributed by atoms with Crippen LogP contribution in [0.5, 0.6) is 5.75 Å². The lowest BCUT2D eigenvalue weighted by atomic mass is 10.1. The number of hydrogen-bond acceptors (Lipinski definition) is 6. The van der Waals surface area contributed by atoms with Crippen LogP contribution in [-0.4, -0.2) is 39.7 Å². The Morgan fingerprint density at radius 1 is 1.36 bits per heavy atom. The summed E-state index contributed by atoms with van der Waals surface area (Å²) in [6, 6.07) is 4.03. The third kappa shape index (κ3) is 3.78. The number of methoxy groups -OCH3 is 1. The molecule has 0 aliphatic carbocycles. The van der Waals surface area contributed by atoms with E-state index in [0.29, 0.717) is 12.2 Å². The Labute approximate surface area is 144 Å². The van der Waals surface area contributed by atoms with Crippen LogP contribution in [0.3, 0.4) is 0 Å². The van der Waals surface area contributed by atoms with Crippen molar-refractivity contribution < 1.29 is 19.4 Å². The lowest BCUT2D eigenvalue weighted by Gasteiger charge is -2.30. The molecule has 2 aromatic rings. The highest BCUT2D eigenvalue weighted by molar-refractivity contribution is 6.02. The quantitative estimate of drug-likeness (QED) is 0.638. The zero-order valence-corrected chi connectivity index (χ0v) is 13.6. The van der Waals surface area contributed by atoms with Crippen molar-refractivity contribution >= 4 is 17.6 Å². The molecule has 1 aliphatic rings. The van der Waals surface area contributed by atoms with Crippen LogP contribution in [0.25, 0.3) is 0 Å². The molecule has 3 rings (SSSR count). The van der Waals surface area contributed by atoms with E-state index in [-0.39, 0.29) is 23.3 Å². The molecular formula is C16H19N5O4. The first-order valence-corrected chi connectivity index (χ1v) is 7.79. The molecule has 0 spiro atoms. The molecule has 9 nitrogen and oxygen atoms in total. The minimum atomic E-state index is -1.14. The summed E-state index contributed by atoms with van der Waals surface area (Å²) in [5.74, 6) is -1.02. The first-order chi connectivity index (χ1) is 12.1. The van der Waals surface area contributed by atoms with Gasteiger partial charge in [-0.2, -0.15) is 0 Å². The fourth-order valence-electron chi connectivity index (χ4n) is 2.70. The number of rotatable bonds is 5. The SMILES string of the molecule is COc1ccc(NC(=O)C2CCC(n3ccnc3)NN2)c(C(=O)O)c1. The third-order valence-corrected chi connectivity index (χ3v) is 4.07. The number of carboxylic acids is 1. The number of nitrogens with one attached hydrogen (secondary N) is 3. The minimum Gasteiger partial charge on any atom is -0.497 e. The van der Waals surface area contributed by atoms with Crippen LogP contribution in [0.15, 0.2) is 36.9 Å². The van der Waals surface area contributed by atoms with E-state index in [1.807, 2.05) is 10.8 Å². The molecule has 2 heterocycles. The largest absolute Gasteiger partial charge is 0.497 e. The summed E-state index contributed by atoms with van der Waals surface area (Å²) in [6.45, 7) is 0. The second-order valence-corrected chi connectivity index (χ2v) is 5.65. The number of benzene rings is 1. The highest BCUT2D eigenvalue weighted by atomic mass is 16.5. The van der Waals surface area contributed by atoms with Crippen molar-refractivity contribution in [2.75, 3.05) is 12.4 Å². The van der Waals surface area contributed by atoms with E-state index in [9.17, 15) is 14.7 Å². The van der Waals surface area contributed by atoms with Gasteiger partial charge in [-0.25, -0.2) is 20.6 Å². The molecule has 2 unspecified atom stereocenters. The standard InChI is InChI=1S/C16H19N5O4/c1-25-10-2-3-12(11(8-10)16(23)24)18-15(22)13-4-5-14(20-19-13)21-7-6-17-9-21/h2-3,6-9,13-14,19-20H,4-5H2,1H3,(H,18,22)(H,23,24). The summed E-state index contributed by atoms with van der Waals surface area (Å²) in [4.78, 5) is 27.8. The second kappa shape index (κ2) is 7.32. The highest BCUT2D eigenvalue weighted by Crippen LogP contribution is 2.23. The van der Waals surface area contributed by atoms with Gasteiger partial charge in [-0.1, -0.05) is 0 Å². The first-order valence-electron chi connectivity index (χ1n) is 7.79. The molecule has 4 N–H and O–H groups in total. The summed E-state index contributed by atoms with van der Waals surface area (Å²) in [5.41, 5.74) is 6.25. The maximum absolute atomic E-state index is 12.4. The Balaban J connectivity index is 1.64. The molecule has 0 radical (unpaired) electrons. The molecule has 1 saturated heterocycles. The van der Waals surface area contributed by atoms with Crippen LogP contribution in [0.2, 0.25) is 0 Å². The van der Waals surface area contributed by atoms with Gasteiger partial charge in [-0.05, 0) is 31.0 Å². The van der Waals surface area contributed by atoms with Crippen molar-refractivity contribution in [3.05, 3.63) is 42.5 Å². The molecule has 1 fully saturated rings. The highest BCUT2D eigenvalue weighted by Gasteiger charge is 2.27. The number of carbonyl (C=O) groups is 2. The minimum absolute atomic E-state index is 0.0158. The number of nitrogens with zero attached hydrogens (tertiary/aromatic N) is 2. The number of hydrogen-bond donors (Lipinski definition) is 4.